The van der Waals surface area contributed by atoms with Crippen LogP contribution in [0.5, 0.6) is 0 Å². The summed E-state index contributed by atoms with van der Waals surface area (Å²) in [5.41, 5.74) is 9.46. The highest BCUT2D eigenvalue weighted by molar-refractivity contribution is 5.36. The van der Waals surface area contributed by atoms with Crippen LogP contribution in [0.25, 0.3) is 0 Å². The van der Waals surface area contributed by atoms with E-state index in [1.165, 1.54) is 49.7 Å². The van der Waals surface area contributed by atoms with Gasteiger partial charge in [0.2, 0.25) is 0 Å². The first-order chi connectivity index (χ1) is 9.68. The second kappa shape index (κ2) is 5.87. The van der Waals surface area contributed by atoms with Crippen molar-refractivity contribution in [3.63, 3.8) is 0 Å². The highest BCUT2D eigenvalue weighted by Crippen LogP contribution is 2.39. The summed E-state index contributed by atoms with van der Waals surface area (Å²) in [5, 5.41) is 0. The maximum absolute atomic E-state index is 6.62. The SMILES string of the molecule is CC1CC(N(C)C2CCCCC2)C(N)c2ccccc21. The van der Waals surface area contributed by atoms with Gasteiger partial charge in [-0.05, 0) is 43.4 Å². The number of nitrogens with two attached hydrogens (primary N) is 1. The van der Waals surface area contributed by atoms with E-state index in [4.69, 9.17) is 5.73 Å². The molecular formula is C18H28N2. The summed E-state index contributed by atoms with van der Waals surface area (Å²) in [7, 11) is 2.31. The number of rotatable bonds is 2. The second-order valence-electron chi connectivity index (χ2n) is 6.82. The molecule has 3 atom stereocenters. The van der Waals surface area contributed by atoms with Gasteiger partial charge >= 0.3 is 0 Å². The lowest BCUT2D eigenvalue weighted by Gasteiger charge is -2.44. The topological polar surface area (TPSA) is 29.3 Å². The molecule has 0 amide bonds. The lowest BCUT2D eigenvalue weighted by molar-refractivity contribution is 0.104. The van der Waals surface area contributed by atoms with Crippen molar-refractivity contribution >= 4 is 0 Å². The lowest BCUT2D eigenvalue weighted by atomic mass is 9.77. The van der Waals surface area contributed by atoms with E-state index in [0.29, 0.717) is 12.0 Å². The van der Waals surface area contributed by atoms with Crippen molar-refractivity contribution in [3.8, 4) is 0 Å². The molecule has 1 aromatic carbocycles. The Morgan fingerprint density at radius 3 is 2.40 bits per heavy atom. The minimum Gasteiger partial charge on any atom is -0.323 e. The fourth-order valence-corrected chi connectivity index (χ4v) is 4.29. The Balaban J connectivity index is 1.81. The van der Waals surface area contributed by atoms with Gasteiger partial charge in [0.05, 0.1) is 0 Å². The summed E-state index contributed by atoms with van der Waals surface area (Å²) in [5.74, 6) is 0.627. The predicted molar refractivity (Wildman–Crippen MR) is 84.8 cm³/mol. The predicted octanol–water partition coefficient (Wildman–Crippen LogP) is 3.83. The Labute approximate surface area is 123 Å². The Morgan fingerprint density at radius 1 is 1.05 bits per heavy atom. The molecule has 1 fully saturated rings. The Bertz CT molecular complexity index is 450. The van der Waals surface area contributed by atoms with Crippen LogP contribution in [0.4, 0.5) is 0 Å². The molecular weight excluding hydrogens is 244 g/mol. The average Bonchev–Trinajstić information content (AvgIpc) is 2.51. The van der Waals surface area contributed by atoms with Crippen molar-refractivity contribution in [1.82, 2.24) is 4.90 Å². The Morgan fingerprint density at radius 2 is 1.70 bits per heavy atom. The van der Waals surface area contributed by atoms with E-state index < -0.39 is 0 Å². The highest BCUT2D eigenvalue weighted by Gasteiger charge is 2.35. The summed E-state index contributed by atoms with van der Waals surface area (Å²) < 4.78 is 0. The average molecular weight is 272 g/mol. The molecule has 3 rings (SSSR count). The highest BCUT2D eigenvalue weighted by atomic mass is 15.2. The van der Waals surface area contributed by atoms with E-state index in [1.807, 2.05) is 0 Å². The maximum atomic E-state index is 6.62. The van der Waals surface area contributed by atoms with Gasteiger partial charge in [0, 0.05) is 18.1 Å². The summed E-state index contributed by atoms with van der Waals surface area (Å²) in [6.07, 6.45) is 8.11. The molecule has 2 nitrogen and oxygen atoms in total. The number of likely N-dealkylation sites (N-methyl/N-ethyl adjacent to an activating group) is 1. The van der Waals surface area contributed by atoms with Crippen molar-refractivity contribution in [3.05, 3.63) is 35.4 Å². The standard InChI is InChI=1S/C18H28N2/c1-13-12-17(20(2)14-8-4-3-5-9-14)18(19)16-11-7-6-10-15(13)16/h6-7,10-11,13-14,17-18H,3-5,8-9,12,19H2,1-2H3. The van der Waals surface area contributed by atoms with Crippen LogP contribution >= 0.6 is 0 Å². The number of nitrogens with zero attached hydrogens (tertiary/aromatic N) is 1. The zero-order valence-corrected chi connectivity index (χ0v) is 12.9. The molecule has 0 spiro atoms. The fraction of sp³-hybridized carbons (Fsp3) is 0.667. The van der Waals surface area contributed by atoms with E-state index in [2.05, 4.69) is 43.1 Å². The summed E-state index contributed by atoms with van der Waals surface area (Å²) in [6.45, 7) is 2.35. The van der Waals surface area contributed by atoms with Gasteiger partial charge in [0.15, 0.2) is 0 Å². The Kier molecular flexibility index (Phi) is 4.13. The number of hydrogen-bond donors (Lipinski definition) is 1. The third kappa shape index (κ3) is 2.51. The minimum atomic E-state index is 0.175. The zero-order valence-electron chi connectivity index (χ0n) is 12.9. The summed E-state index contributed by atoms with van der Waals surface area (Å²) in [6, 6.07) is 10.2. The van der Waals surface area contributed by atoms with Crippen LogP contribution < -0.4 is 5.73 Å². The van der Waals surface area contributed by atoms with Gasteiger partial charge in [-0.1, -0.05) is 50.5 Å². The minimum absolute atomic E-state index is 0.175. The molecule has 2 aliphatic rings. The molecule has 0 aliphatic heterocycles. The first kappa shape index (κ1) is 14.1. The van der Waals surface area contributed by atoms with Gasteiger partial charge in [-0.2, -0.15) is 0 Å². The third-order valence-corrected chi connectivity index (χ3v) is 5.57. The van der Waals surface area contributed by atoms with Crippen LogP contribution in [0.1, 0.15) is 68.5 Å². The molecule has 0 radical (unpaired) electrons. The van der Waals surface area contributed by atoms with Gasteiger partial charge in [-0.25, -0.2) is 0 Å². The van der Waals surface area contributed by atoms with Crippen LogP contribution in [-0.4, -0.2) is 24.0 Å². The van der Waals surface area contributed by atoms with Crippen molar-refractivity contribution in [2.75, 3.05) is 7.05 Å². The second-order valence-corrected chi connectivity index (χ2v) is 6.82. The smallest absolute Gasteiger partial charge is 0.0456 e. The van der Waals surface area contributed by atoms with Crippen LogP contribution in [0, 0.1) is 0 Å². The largest absolute Gasteiger partial charge is 0.323 e. The molecule has 20 heavy (non-hydrogen) atoms. The molecule has 0 aromatic heterocycles. The first-order valence-electron chi connectivity index (χ1n) is 8.25. The van der Waals surface area contributed by atoms with Gasteiger partial charge in [-0.3, -0.25) is 4.90 Å². The lowest BCUT2D eigenvalue weighted by Crippen LogP contribution is -2.49. The first-order valence-corrected chi connectivity index (χ1v) is 8.25. The zero-order chi connectivity index (χ0) is 14.1. The van der Waals surface area contributed by atoms with E-state index in [1.54, 1.807) is 0 Å². The van der Waals surface area contributed by atoms with Crippen molar-refractivity contribution in [1.29, 1.82) is 0 Å². The number of hydrogen-bond acceptors (Lipinski definition) is 2. The quantitative estimate of drug-likeness (QED) is 0.886. The molecule has 3 unspecified atom stereocenters. The monoisotopic (exact) mass is 272 g/mol. The molecule has 0 heterocycles. The molecule has 1 saturated carbocycles. The summed E-state index contributed by atoms with van der Waals surface area (Å²) in [4.78, 5) is 2.61. The van der Waals surface area contributed by atoms with Crippen molar-refractivity contribution in [2.45, 2.75) is 69.5 Å². The summed E-state index contributed by atoms with van der Waals surface area (Å²) >= 11 is 0. The fourth-order valence-electron chi connectivity index (χ4n) is 4.29. The van der Waals surface area contributed by atoms with Crippen LogP contribution in [0.2, 0.25) is 0 Å². The van der Waals surface area contributed by atoms with E-state index in [-0.39, 0.29) is 6.04 Å². The van der Waals surface area contributed by atoms with Gasteiger partial charge < -0.3 is 5.73 Å². The van der Waals surface area contributed by atoms with Crippen LogP contribution in [-0.2, 0) is 0 Å². The number of benzene rings is 1. The molecule has 0 bridgehead atoms. The molecule has 2 heteroatoms. The normalized spacial score (nSPS) is 31.3. The third-order valence-electron chi connectivity index (χ3n) is 5.57. The molecule has 0 saturated heterocycles. The molecule has 1 aromatic rings. The van der Waals surface area contributed by atoms with Crippen LogP contribution in [0.3, 0.4) is 0 Å². The van der Waals surface area contributed by atoms with E-state index in [0.717, 1.165) is 6.04 Å². The molecule has 110 valence electrons. The van der Waals surface area contributed by atoms with Crippen molar-refractivity contribution in [2.24, 2.45) is 5.73 Å². The molecule has 2 aliphatic carbocycles. The Hall–Kier alpha value is -0.860. The number of fused-ring (bicyclic) bond motifs is 1. The van der Waals surface area contributed by atoms with Crippen LogP contribution in [0.15, 0.2) is 24.3 Å². The van der Waals surface area contributed by atoms with E-state index >= 15 is 0 Å². The van der Waals surface area contributed by atoms with Gasteiger partial charge in [0.25, 0.3) is 0 Å². The maximum Gasteiger partial charge on any atom is 0.0456 e. The van der Waals surface area contributed by atoms with E-state index in [9.17, 15) is 0 Å². The van der Waals surface area contributed by atoms with Gasteiger partial charge in [0.1, 0.15) is 0 Å². The van der Waals surface area contributed by atoms with Gasteiger partial charge in [-0.15, -0.1) is 0 Å². The molecule has 2 N–H and O–H groups in total. The van der Waals surface area contributed by atoms with Crippen molar-refractivity contribution < 1.29 is 0 Å².